The zero-order chi connectivity index (χ0) is 49.7. The topological polar surface area (TPSA) is 121 Å². The van der Waals surface area contributed by atoms with Crippen LogP contribution in [0.2, 0.25) is 0 Å². The van der Waals surface area contributed by atoms with Gasteiger partial charge in [-0.1, -0.05) is 48.5 Å². The lowest BCUT2D eigenvalue weighted by Crippen LogP contribution is -2.59. The molecule has 6 bridgehead atoms. The standard InChI is InChI=1S/C64H72O6/c1-33-21-53(65)37(5)17-47(33)57(48-18-38(6)54(66)22-34(48)2)51-26-45(15-41(9)59(51)69)63-11-13-64(14-12-63,62-30-43-25-44(31-62)29-61(63,28-43)32-62)46-16-42(10)60(70)52(27-46)58(49-19-39(7)55(67)23-35(49)3)50-20-40(8)56(68)24-36(50)4/h15-24,26-27,43-44,57-58,65-70H,11-14,25,28-32H2,1-10H3. The molecule has 7 aliphatic rings. The Kier molecular flexibility index (Phi) is 10.5. The minimum Gasteiger partial charge on any atom is -0.508 e. The molecular formula is C64H72O6. The van der Waals surface area contributed by atoms with Crippen molar-refractivity contribution in [3.63, 3.8) is 0 Å². The van der Waals surface area contributed by atoms with E-state index >= 15 is 0 Å². The van der Waals surface area contributed by atoms with E-state index in [2.05, 4.69) is 90.1 Å². The second-order valence-corrected chi connectivity index (χ2v) is 24.0. The van der Waals surface area contributed by atoms with Crippen molar-refractivity contribution in [2.75, 3.05) is 0 Å². The van der Waals surface area contributed by atoms with Crippen molar-refractivity contribution in [2.45, 2.75) is 156 Å². The summed E-state index contributed by atoms with van der Waals surface area (Å²) < 4.78 is 0. The summed E-state index contributed by atoms with van der Waals surface area (Å²) in [4.78, 5) is 0. The summed E-state index contributed by atoms with van der Waals surface area (Å²) in [5.41, 5.74) is 17.4. The van der Waals surface area contributed by atoms with Gasteiger partial charge in [0.1, 0.15) is 34.5 Å². The molecular weight excluding hydrogens is 865 g/mol. The molecule has 6 nitrogen and oxygen atoms in total. The number of rotatable bonds is 8. The number of fused-ring (bicyclic) bond motifs is 2. The van der Waals surface area contributed by atoms with Crippen molar-refractivity contribution in [3.8, 4) is 34.5 Å². The Balaban J connectivity index is 1.11. The minimum atomic E-state index is -0.335. The number of benzene rings is 6. The van der Waals surface area contributed by atoms with Crippen molar-refractivity contribution in [1.82, 2.24) is 0 Å². The third-order valence-corrected chi connectivity index (χ3v) is 20.0. The summed E-state index contributed by atoms with van der Waals surface area (Å²) in [7, 11) is 0. The summed E-state index contributed by atoms with van der Waals surface area (Å²) in [6.07, 6.45) is 11.6. The molecule has 364 valence electrons. The van der Waals surface area contributed by atoms with Crippen molar-refractivity contribution in [2.24, 2.45) is 22.7 Å². The maximum atomic E-state index is 12.5. The molecule has 13 rings (SSSR count). The van der Waals surface area contributed by atoms with Crippen molar-refractivity contribution < 1.29 is 30.6 Å². The van der Waals surface area contributed by atoms with Gasteiger partial charge < -0.3 is 30.6 Å². The number of aryl methyl sites for hydroxylation is 10. The van der Waals surface area contributed by atoms with Crippen LogP contribution in [0, 0.1) is 91.9 Å². The molecule has 6 aromatic rings. The van der Waals surface area contributed by atoms with Gasteiger partial charge in [0.05, 0.1) is 0 Å². The fourth-order valence-corrected chi connectivity index (χ4v) is 16.9. The highest BCUT2D eigenvalue weighted by Crippen LogP contribution is 2.81. The number of hydrogen-bond acceptors (Lipinski definition) is 6. The lowest BCUT2D eigenvalue weighted by molar-refractivity contribution is -0.144. The van der Waals surface area contributed by atoms with Gasteiger partial charge in [-0.05, 0) is 269 Å². The first-order chi connectivity index (χ1) is 33.1. The van der Waals surface area contributed by atoms with E-state index in [9.17, 15) is 30.6 Å². The van der Waals surface area contributed by atoms with Gasteiger partial charge in [0.2, 0.25) is 0 Å². The monoisotopic (exact) mass is 937 g/mol. The molecule has 0 atom stereocenters. The highest BCUT2D eigenvalue weighted by Gasteiger charge is 2.74. The van der Waals surface area contributed by atoms with Crippen LogP contribution >= 0.6 is 0 Å². The first-order valence-electron chi connectivity index (χ1n) is 26.0. The van der Waals surface area contributed by atoms with Gasteiger partial charge in [0.15, 0.2) is 0 Å². The van der Waals surface area contributed by atoms with Crippen LogP contribution in [0.5, 0.6) is 34.5 Å². The van der Waals surface area contributed by atoms with Crippen LogP contribution in [-0.2, 0) is 10.8 Å². The highest BCUT2D eigenvalue weighted by atomic mass is 16.3. The molecule has 7 saturated carbocycles. The summed E-state index contributed by atoms with van der Waals surface area (Å²) in [6, 6.07) is 25.3. The molecule has 6 N–H and O–H groups in total. The maximum absolute atomic E-state index is 12.5. The first-order valence-corrected chi connectivity index (χ1v) is 26.0. The zero-order valence-corrected chi connectivity index (χ0v) is 43.0. The SMILES string of the molecule is Cc1cc(C(c2cc(C)c(O)cc2C)c2cc(C34CCC(c5cc(C)c(O)c(C(c6cc(C)c(O)cc6C)c6cc(C)c(O)cc6C)c5)(CC3)C35CC6CC(CC4(C6)C3)C5)cc(C)c2O)c(C)cc1O. The largest absolute Gasteiger partial charge is 0.508 e. The maximum Gasteiger partial charge on any atom is 0.122 e. The Morgan fingerprint density at radius 3 is 0.914 bits per heavy atom. The smallest absolute Gasteiger partial charge is 0.122 e. The summed E-state index contributed by atoms with van der Waals surface area (Å²) >= 11 is 0. The van der Waals surface area contributed by atoms with Gasteiger partial charge in [-0.2, -0.15) is 0 Å². The van der Waals surface area contributed by atoms with E-state index in [0.29, 0.717) is 23.3 Å². The highest BCUT2D eigenvalue weighted by molar-refractivity contribution is 5.63. The van der Waals surface area contributed by atoms with Crippen molar-refractivity contribution in [1.29, 1.82) is 0 Å². The van der Waals surface area contributed by atoms with Crippen LogP contribution < -0.4 is 0 Å². The minimum absolute atomic E-state index is 0.105. The van der Waals surface area contributed by atoms with E-state index in [-0.39, 0.29) is 56.5 Å². The molecule has 0 unspecified atom stereocenters. The molecule has 0 aliphatic heterocycles. The predicted octanol–water partition coefficient (Wildman–Crippen LogP) is 14.7. The van der Waals surface area contributed by atoms with Crippen molar-refractivity contribution >= 4 is 0 Å². The van der Waals surface area contributed by atoms with Crippen LogP contribution in [-0.4, -0.2) is 30.6 Å². The number of phenolic OH excluding ortho intramolecular Hbond substituents is 6. The van der Waals surface area contributed by atoms with E-state index in [0.717, 1.165) is 115 Å². The molecule has 6 heteroatoms. The van der Waals surface area contributed by atoms with Crippen LogP contribution in [0.4, 0.5) is 0 Å². The quantitative estimate of drug-likeness (QED) is 0.0846. The molecule has 0 aromatic heterocycles. The van der Waals surface area contributed by atoms with Crippen LogP contribution in [0.25, 0.3) is 0 Å². The molecule has 6 aromatic carbocycles. The summed E-state index contributed by atoms with van der Waals surface area (Å²) in [6.45, 7) is 20.1. The summed E-state index contributed by atoms with van der Waals surface area (Å²) in [5.74, 6) is 2.29. The number of hydrogen-bond donors (Lipinski definition) is 6. The Bertz CT molecular complexity index is 2840. The normalized spacial score (nSPS) is 26.4. The van der Waals surface area contributed by atoms with Gasteiger partial charge in [0, 0.05) is 33.8 Å². The lowest BCUT2D eigenvalue weighted by atomic mass is 9.37. The third kappa shape index (κ3) is 6.56. The Labute approximate surface area is 415 Å². The molecule has 0 saturated heterocycles. The van der Waals surface area contributed by atoms with Crippen LogP contribution in [0.1, 0.15) is 176 Å². The molecule has 70 heavy (non-hydrogen) atoms. The fraction of sp³-hybridized carbons (Fsp3) is 0.438. The molecule has 7 fully saturated rings. The van der Waals surface area contributed by atoms with Crippen molar-refractivity contribution in [3.05, 3.63) is 173 Å². The van der Waals surface area contributed by atoms with E-state index in [1.165, 1.54) is 49.7 Å². The van der Waals surface area contributed by atoms with Gasteiger partial charge in [0.25, 0.3) is 0 Å². The van der Waals surface area contributed by atoms with Crippen LogP contribution in [0.15, 0.2) is 72.8 Å². The molecule has 0 radical (unpaired) electrons. The second-order valence-electron chi connectivity index (χ2n) is 24.0. The molecule has 0 heterocycles. The first kappa shape index (κ1) is 46.5. The van der Waals surface area contributed by atoms with Gasteiger partial charge in [-0.25, -0.2) is 0 Å². The number of phenols is 6. The Morgan fingerprint density at radius 1 is 0.343 bits per heavy atom. The van der Waals surface area contributed by atoms with Gasteiger partial charge >= 0.3 is 0 Å². The lowest BCUT2D eigenvalue weighted by Gasteiger charge is -2.67. The van der Waals surface area contributed by atoms with Crippen LogP contribution in [0.3, 0.4) is 0 Å². The van der Waals surface area contributed by atoms with E-state index in [1.807, 2.05) is 52.0 Å². The van der Waals surface area contributed by atoms with E-state index in [1.54, 1.807) is 0 Å². The van der Waals surface area contributed by atoms with Gasteiger partial charge in [-0.3, -0.25) is 0 Å². The molecule has 2 spiro atoms. The van der Waals surface area contributed by atoms with E-state index < -0.39 is 0 Å². The Morgan fingerprint density at radius 2 is 0.629 bits per heavy atom. The zero-order valence-electron chi connectivity index (χ0n) is 43.0. The predicted molar refractivity (Wildman–Crippen MR) is 279 cm³/mol. The number of aromatic hydroxyl groups is 6. The molecule has 7 aliphatic carbocycles. The van der Waals surface area contributed by atoms with E-state index in [4.69, 9.17) is 0 Å². The average molecular weight is 937 g/mol. The fourth-order valence-electron chi connectivity index (χ4n) is 16.9. The Hall–Kier alpha value is -5.88. The van der Waals surface area contributed by atoms with Gasteiger partial charge in [-0.15, -0.1) is 0 Å². The molecule has 0 amide bonds. The average Bonchev–Trinajstić information content (AvgIpc) is 3.38. The second kappa shape index (κ2) is 15.8. The third-order valence-electron chi connectivity index (χ3n) is 20.0. The summed E-state index contributed by atoms with van der Waals surface area (Å²) in [5, 5.41) is 68.6.